The fourth-order valence-electron chi connectivity index (χ4n) is 11.7. The molecule has 2 N–H and O–H groups in total. The monoisotopic (exact) mass is 702 g/mol. The van der Waals surface area contributed by atoms with Crippen LogP contribution in [-0.4, -0.2) is 95.0 Å². The molecule has 1 unspecified atom stereocenters. The number of esters is 4. The van der Waals surface area contributed by atoms with Crippen LogP contribution in [0, 0.1) is 39.4 Å². The highest BCUT2D eigenvalue weighted by Gasteiger charge is 2.93. The van der Waals surface area contributed by atoms with E-state index >= 15 is 4.79 Å². The van der Waals surface area contributed by atoms with Gasteiger partial charge >= 0.3 is 23.9 Å². The number of rotatable bonds is 6. The second kappa shape index (κ2) is 11.1. The lowest BCUT2D eigenvalue weighted by molar-refractivity contribution is -0.391. The first kappa shape index (κ1) is 35.1. The van der Waals surface area contributed by atoms with E-state index in [0.717, 1.165) is 19.4 Å². The maximum Gasteiger partial charge on any atom is 0.310 e. The van der Waals surface area contributed by atoms with Gasteiger partial charge in [0.25, 0.3) is 0 Å². The third-order valence-electron chi connectivity index (χ3n) is 13.6. The van der Waals surface area contributed by atoms with Gasteiger partial charge in [0, 0.05) is 43.4 Å². The van der Waals surface area contributed by atoms with E-state index < -0.39 is 118 Å². The van der Waals surface area contributed by atoms with E-state index in [9.17, 15) is 29.4 Å². The van der Waals surface area contributed by atoms with Gasteiger partial charge in [0.1, 0.15) is 11.7 Å². The van der Waals surface area contributed by atoms with Gasteiger partial charge in [-0.3, -0.25) is 24.0 Å². The normalized spacial score (nSPS) is 48.3. The first-order valence-electron chi connectivity index (χ1n) is 17.3. The summed E-state index contributed by atoms with van der Waals surface area (Å²) in [4.78, 5) is 66.7. The third kappa shape index (κ3) is 4.07. The Kier molecular flexibility index (Phi) is 7.78. The van der Waals surface area contributed by atoms with Gasteiger partial charge in [0.15, 0.2) is 24.1 Å². The molecule has 50 heavy (non-hydrogen) atoms. The van der Waals surface area contributed by atoms with Gasteiger partial charge in [-0.05, 0) is 37.3 Å². The van der Waals surface area contributed by atoms with E-state index in [-0.39, 0.29) is 18.9 Å². The topological polar surface area (TPSA) is 198 Å². The number of hydrogen-bond donors (Lipinski definition) is 2. The quantitative estimate of drug-likeness (QED) is 0.249. The lowest BCUT2D eigenvalue weighted by Gasteiger charge is -2.73. The van der Waals surface area contributed by atoms with Crippen molar-refractivity contribution in [2.75, 3.05) is 6.61 Å². The van der Waals surface area contributed by atoms with Gasteiger partial charge < -0.3 is 43.1 Å². The molecule has 0 aromatic carbocycles. The van der Waals surface area contributed by atoms with E-state index in [1.165, 1.54) is 13.2 Å². The number of epoxide rings is 1. The summed E-state index contributed by atoms with van der Waals surface area (Å²) in [7, 11) is 0. The minimum absolute atomic E-state index is 0.0556. The fraction of sp³-hybridized carbons (Fsp3) is 0.750. The lowest BCUT2D eigenvalue weighted by Crippen LogP contribution is -2.84. The summed E-state index contributed by atoms with van der Waals surface area (Å²) in [6.45, 7) is 11.7. The Morgan fingerprint density at radius 2 is 1.58 bits per heavy atom. The van der Waals surface area contributed by atoms with E-state index in [2.05, 4.69) is 0 Å². The van der Waals surface area contributed by atoms with Crippen LogP contribution in [0.25, 0.3) is 0 Å². The molecule has 2 saturated heterocycles. The molecular formula is C36H46O14. The van der Waals surface area contributed by atoms with Gasteiger partial charge in [-0.25, -0.2) is 0 Å². The minimum atomic E-state index is -1.70. The Hall–Kier alpha value is -3.33. The van der Waals surface area contributed by atoms with Crippen LogP contribution in [-0.2, 0) is 52.4 Å². The number of furan rings is 1. The number of ketones is 1. The Morgan fingerprint density at radius 3 is 2.16 bits per heavy atom. The second-order valence-electron chi connectivity index (χ2n) is 16.1. The summed E-state index contributed by atoms with van der Waals surface area (Å²) >= 11 is 0. The zero-order valence-electron chi connectivity index (χ0n) is 29.5. The molecule has 4 aliphatic carbocycles. The molecule has 14 heteroatoms. The number of aliphatic hydroxyl groups is 2. The van der Waals surface area contributed by atoms with Crippen molar-refractivity contribution >= 4 is 29.7 Å². The highest BCUT2D eigenvalue weighted by Crippen LogP contribution is 2.83. The molecule has 1 spiro atoms. The number of carbonyl (C=O) groups is 5. The van der Waals surface area contributed by atoms with E-state index in [0.29, 0.717) is 6.42 Å². The van der Waals surface area contributed by atoms with Crippen molar-refractivity contribution in [2.24, 2.45) is 39.4 Å². The molecule has 14 nitrogen and oxygen atoms in total. The maximum absolute atomic E-state index is 15.5. The van der Waals surface area contributed by atoms with Crippen LogP contribution in [0.3, 0.4) is 0 Å². The predicted octanol–water partition coefficient (Wildman–Crippen LogP) is 2.21. The number of ether oxygens (including phenoxy) is 6. The molecule has 6 fully saturated rings. The Bertz CT molecular complexity index is 1620. The second-order valence-corrected chi connectivity index (χ2v) is 16.1. The van der Waals surface area contributed by atoms with Gasteiger partial charge in [0.05, 0.1) is 48.1 Å². The average Bonchev–Trinajstić information content (AvgIpc) is 3.38. The zero-order valence-corrected chi connectivity index (χ0v) is 29.5. The smallest absolute Gasteiger partial charge is 0.310 e. The van der Waals surface area contributed by atoms with Gasteiger partial charge in [0.2, 0.25) is 6.29 Å². The zero-order chi connectivity index (χ0) is 36.5. The maximum atomic E-state index is 15.5. The summed E-state index contributed by atoms with van der Waals surface area (Å²) in [6, 6.07) is 1.80. The molecule has 7 rings (SSSR count). The van der Waals surface area contributed by atoms with Crippen molar-refractivity contribution in [3.05, 3.63) is 24.2 Å². The van der Waals surface area contributed by atoms with Crippen molar-refractivity contribution in [3.8, 4) is 0 Å². The van der Waals surface area contributed by atoms with Crippen molar-refractivity contribution < 1.29 is 67.0 Å². The van der Waals surface area contributed by atoms with Crippen molar-refractivity contribution in [3.63, 3.8) is 0 Å². The first-order chi connectivity index (χ1) is 23.3. The standard InChI is InChI=1S/C36H46O14/c1-15(2)30(43)49-31-32(6)21-12-22(40)34(8)26(35(21,14-45-31)27(42)25(46-16(3)37)29(32)48-18(5)39)24(41)28(47-17(4)38)33(7)20(19-9-10-44-13-19)11-23-36(33,34)50-23/h9-10,13,15,20-23,25-29,31,40,42H,11-12,14H2,1-8H3/t20-,21+,22+,23+,25+,26?,27-,28-,29+,31+,32-,33-,34-,35-,36-/m0/s1. The molecule has 1 aromatic heterocycles. The van der Waals surface area contributed by atoms with Gasteiger partial charge in [-0.2, -0.15) is 0 Å². The van der Waals surface area contributed by atoms with Crippen LogP contribution in [0.1, 0.15) is 79.7 Å². The average molecular weight is 703 g/mol. The van der Waals surface area contributed by atoms with E-state index in [1.54, 1.807) is 40.0 Å². The highest BCUT2D eigenvalue weighted by molar-refractivity contribution is 5.93. The lowest BCUT2D eigenvalue weighted by atomic mass is 9.33. The van der Waals surface area contributed by atoms with Crippen LogP contribution >= 0.6 is 0 Å². The summed E-state index contributed by atoms with van der Waals surface area (Å²) < 4.78 is 42.0. The van der Waals surface area contributed by atoms with Crippen LogP contribution < -0.4 is 0 Å². The molecule has 1 aromatic rings. The third-order valence-corrected chi connectivity index (χ3v) is 13.6. The summed E-state index contributed by atoms with van der Waals surface area (Å²) in [5, 5.41) is 25.2. The molecule has 15 atom stereocenters. The number of Topliss-reactive ketones (excluding diaryl/α,β-unsaturated/α-hetero) is 1. The summed E-state index contributed by atoms with van der Waals surface area (Å²) in [5.74, 6) is -6.59. The molecule has 2 aliphatic heterocycles. The molecule has 0 radical (unpaired) electrons. The van der Waals surface area contributed by atoms with Crippen molar-refractivity contribution in [2.45, 2.75) is 123 Å². The summed E-state index contributed by atoms with van der Waals surface area (Å²) in [6.07, 6.45) is -5.64. The predicted molar refractivity (Wildman–Crippen MR) is 166 cm³/mol. The summed E-state index contributed by atoms with van der Waals surface area (Å²) in [5.41, 5.74) is -6.22. The number of hydrogen-bond acceptors (Lipinski definition) is 14. The number of fused-ring (bicyclic) bond motifs is 1. The van der Waals surface area contributed by atoms with Crippen LogP contribution in [0.15, 0.2) is 23.0 Å². The van der Waals surface area contributed by atoms with Crippen molar-refractivity contribution in [1.29, 1.82) is 0 Å². The molecule has 0 amide bonds. The molecule has 6 aliphatic rings. The van der Waals surface area contributed by atoms with Crippen LogP contribution in [0.5, 0.6) is 0 Å². The molecule has 4 saturated carbocycles. The molecule has 274 valence electrons. The minimum Gasteiger partial charge on any atom is -0.472 e. The Balaban J connectivity index is 1.46. The van der Waals surface area contributed by atoms with E-state index in [4.69, 9.17) is 32.8 Å². The van der Waals surface area contributed by atoms with Crippen LogP contribution in [0.4, 0.5) is 0 Å². The molecule has 3 heterocycles. The van der Waals surface area contributed by atoms with Crippen molar-refractivity contribution in [1.82, 2.24) is 0 Å². The van der Waals surface area contributed by atoms with Gasteiger partial charge in [-0.15, -0.1) is 0 Å². The molecular weight excluding hydrogens is 656 g/mol. The fourth-order valence-corrected chi connectivity index (χ4v) is 11.7. The number of carbonyl (C=O) groups excluding carboxylic acids is 5. The Labute approximate surface area is 289 Å². The SMILES string of the molecule is CC(=O)O[C@H]1[C@@H](OC(C)=O)[C@@]2(C)[C@@H](OC(=O)C(C)C)OC[C@]3(C4C(=O)[C@H](OC(C)=O)[C@]5(C)[C@H](c6ccoc6)C[C@H]6O[C@@]65[C@@]4(C)[C@H](O)C[C@@H]32)[C@H]1O. The Morgan fingerprint density at radius 1 is 0.920 bits per heavy atom. The van der Waals surface area contributed by atoms with Gasteiger partial charge in [-0.1, -0.05) is 27.7 Å². The van der Waals surface area contributed by atoms with E-state index in [1.807, 2.05) is 6.92 Å². The van der Waals surface area contributed by atoms with Crippen LogP contribution in [0.2, 0.25) is 0 Å². The number of aliphatic hydroxyl groups excluding tert-OH is 2. The first-order valence-corrected chi connectivity index (χ1v) is 17.3. The molecule has 2 bridgehead atoms. The highest BCUT2D eigenvalue weighted by atomic mass is 16.7. The largest absolute Gasteiger partial charge is 0.472 e.